The van der Waals surface area contributed by atoms with Gasteiger partial charge in [-0.1, -0.05) is 11.6 Å². The van der Waals surface area contributed by atoms with Gasteiger partial charge in [0, 0.05) is 19.3 Å². The monoisotopic (exact) mass is 281 g/mol. The molecule has 0 unspecified atom stereocenters. The third kappa shape index (κ3) is 2.34. The van der Waals surface area contributed by atoms with Crippen molar-refractivity contribution < 1.29 is 9.90 Å². The van der Waals surface area contributed by atoms with Crippen LogP contribution in [0, 0.1) is 0 Å². The number of urea groups is 1. The van der Waals surface area contributed by atoms with Crippen molar-refractivity contribution in [2.45, 2.75) is 12.5 Å². The van der Waals surface area contributed by atoms with Crippen LogP contribution in [-0.2, 0) is 0 Å². The second kappa shape index (κ2) is 4.67. The van der Waals surface area contributed by atoms with Crippen LogP contribution in [0.5, 0.6) is 0 Å². The highest BCUT2D eigenvalue weighted by atomic mass is 35.5. The number of fused-ring (bicyclic) bond motifs is 1. The zero-order valence-corrected chi connectivity index (χ0v) is 10.7. The molecule has 0 aliphatic carbocycles. The Morgan fingerprint density at radius 3 is 3.16 bits per heavy atom. The van der Waals surface area contributed by atoms with Crippen LogP contribution >= 0.6 is 11.6 Å². The number of hydrogen-bond acceptors (Lipinski definition) is 4. The quantitative estimate of drug-likeness (QED) is 0.764. The van der Waals surface area contributed by atoms with Crippen LogP contribution in [0.2, 0.25) is 5.15 Å². The van der Waals surface area contributed by atoms with Gasteiger partial charge in [0.25, 0.3) is 0 Å². The minimum absolute atomic E-state index is 0.270. The Labute approximate surface area is 113 Å². The predicted molar refractivity (Wildman–Crippen MR) is 69.2 cm³/mol. The third-order valence-corrected chi connectivity index (χ3v) is 3.24. The molecule has 1 aliphatic heterocycles. The van der Waals surface area contributed by atoms with Crippen molar-refractivity contribution in [3.05, 3.63) is 23.6 Å². The second-order valence-corrected chi connectivity index (χ2v) is 4.78. The van der Waals surface area contributed by atoms with E-state index in [-0.39, 0.29) is 6.03 Å². The summed E-state index contributed by atoms with van der Waals surface area (Å²) in [6, 6.07) is 1.34. The van der Waals surface area contributed by atoms with Gasteiger partial charge in [-0.15, -0.1) is 0 Å². The molecule has 7 nitrogen and oxygen atoms in total. The third-order valence-electron chi connectivity index (χ3n) is 3.03. The Bertz CT molecular complexity index is 629. The number of nitrogens with one attached hydrogen (secondary N) is 1. The Morgan fingerprint density at radius 2 is 2.42 bits per heavy atom. The zero-order valence-electron chi connectivity index (χ0n) is 9.95. The Balaban J connectivity index is 1.81. The van der Waals surface area contributed by atoms with Crippen molar-refractivity contribution in [1.82, 2.24) is 19.5 Å². The van der Waals surface area contributed by atoms with E-state index in [2.05, 4.69) is 15.4 Å². The van der Waals surface area contributed by atoms with Gasteiger partial charge in [0.15, 0.2) is 5.65 Å². The Hall–Kier alpha value is -1.86. The van der Waals surface area contributed by atoms with Gasteiger partial charge in [0.2, 0.25) is 0 Å². The number of aromatic nitrogens is 3. The van der Waals surface area contributed by atoms with Gasteiger partial charge in [0.1, 0.15) is 10.8 Å². The fourth-order valence-corrected chi connectivity index (χ4v) is 2.19. The number of anilines is 1. The molecule has 2 amide bonds. The van der Waals surface area contributed by atoms with Crippen LogP contribution in [0.1, 0.15) is 6.42 Å². The summed E-state index contributed by atoms with van der Waals surface area (Å²) in [7, 11) is 0. The lowest BCUT2D eigenvalue weighted by Gasteiger charge is -2.15. The van der Waals surface area contributed by atoms with E-state index in [9.17, 15) is 9.90 Å². The van der Waals surface area contributed by atoms with Gasteiger partial charge in [-0.2, -0.15) is 5.10 Å². The Kier molecular flexibility index (Phi) is 3.00. The second-order valence-electron chi connectivity index (χ2n) is 4.40. The molecular formula is C11H12ClN5O2. The standard InChI is InChI=1S/C11H12ClN5O2/c12-9-2-4-17-10(15-9)8(5-13-17)14-11(19)16-3-1-7(18)6-16/h2,4-5,7,18H,1,3,6H2,(H,14,19)/t7-/m0/s1. The molecule has 0 bridgehead atoms. The first-order valence-electron chi connectivity index (χ1n) is 5.87. The number of hydrogen-bond donors (Lipinski definition) is 2. The highest BCUT2D eigenvalue weighted by Gasteiger charge is 2.25. The Morgan fingerprint density at radius 1 is 1.58 bits per heavy atom. The number of rotatable bonds is 1. The number of likely N-dealkylation sites (tertiary alicyclic amines) is 1. The first kappa shape index (κ1) is 12.2. The summed E-state index contributed by atoms with van der Waals surface area (Å²) in [5, 5.41) is 16.5. The van der Waals surface area contributed by atoms with Crippen LogP contribution in [-0.4, -0.2) is 49.8 Å². The molecule has 0 saturated carbocycles. The van der Waals surface area contributed by atoms with E-state index < -0.39 is 6.10 Å². The van der Waals surface area contributed by atoms with Gasteiger partial charge in [-0.05, 0) is 12.5 Å². The van der Waals surface area contributed by atoms with Crippen LogP contribution in [0.25, 0.3) is 5.65 Å². The molecule has 3 rings (SSSR count). The molecule has 3 heterocycles. The number of nitrogens with zero attached hydrogens (tertiary/aromatic N) is 4. The lowest BCUT2D eigenvalue weighted by atomic mass is 10.3. The topological polar surface area (TPSA) is 82.8 Å². The smallest absolute Gasteiger partial charge is 0.322 e. The zero-order chi connectivity index (χ0) is 13.4. The molecule has 100 valence electrons. The maximum Gasteiger partial charge on any atom is 0.322 e. The molecule has 2 aromatic rings. The molecule has 1 fully saturated rings. The average molecular weight is 282 g/mol. The van der Waals surface area contributed by atoms with Crippen LogP contribution in [0.15, 0.2) is 18.5 Å². The van der Waals surface area contributed by atoms with E-state index in [1.165, 1.54) is 10.7 Å². The van der Waals surface area contributed by atoms with Gasteiger partial charge in [0.05, 0.1) is 12.3 Å². The van der Waals surface area contributed by atoms with Crippen molar-refractivity contribution in [3.8, 4) is 0 Å². The van der Waals surface area contributed by atoms with E-state index >= 15 is 0 Å². The van der Waals surface area contributed by atoms with E-state index in [1.54, 1.807) is 17.2 Å². The van der Waals surface area contributed by atoms with E-state index in [1.807, 2.05) is 0 Å². The number of β-amino-alcohol motifs (C(OH)–C–C–N with tert-alkyl or cyclic N) is 1. The minimum Gasteiger partial charge on any atom is -0.391 e. The molecular weight excluding hydrogens is 270 g/mol. The molecule has 0 radical (unpaired) electrons. The summed E-state index contributed by atoms with van der Waals surface area (Å²) in [6.45, 7) is 0.889. The number of carbonyl (C=O) groups is 1. The van der Waals surface area contributed by atoms with Crippen molar-refractivity contribution >= 4 is 29.0 Å². The maximum atomic E-state index is 12.0. The van der Waals surface area contributed by atoms with Gasteiger partial charge < -0.3 is 15.3 Å². The summed E-state index contributed by atoms with van der Waals surface area (Å²) < 4.78 is 1.53. The molecule has 1 saturated heterocycles. The van der Waals surface area contributed by atoms with Gasteiger partial charge >= 0.3 is 6.03 Å². The number of halogens is 1. The predicted octanol–water partition coefficient (Wildman–Crippen LogP) is 0.981. The summed E-state index contributed by atoms with van der Waals surface area (Å²) in [6.07, 6.45) is 3.34. The van der Waals surface area contributed by atoms with Crippen molar-refractivity contribution in [2.75, 3.05) is 18.4 Å². The van der Waals surface area contributed by atoms with Gasteiger partial charge in [-0.25, -0.2) is 14.3 Å². The fraction of sp³-hybridized carbons (Fsp3) is 0.364. The molecule has 2 aromatic heterocycles. The largest absolute Gasteiger partial charge is 0.391 e. The van der Waals surface area contributed by atoms with E-state index in [0.717, 1.165) is 0 Å². The number of carbonyl (C=O) groups excluding carboxylic acids is 1. The van der Waals surface area contributed by atoms with Crippen molar-refractivity contribution in [1.29, 1.82) is 0 Å². The number of amides is 2. The molecule has 19 heavy (non-hydrogen) atoms. The van der Waals surface area contributed by atoms with Crippen LogP contribution < -0.4 is 5.32 Å². The minimum atomic E-state index is -0.442. The number of aliphatic hydroxyl groups excluding tert-OH is 1. The van der Waals surface area contributed by atoms with Crippen LogP contribution in [0.3, 0.4) is 0 Å². The summed E-state index contributed by atoms with van der Waals surface area (Å²) in [5.41, 5.74) is 0.981. The molecule has 1 aliphatic rings. The fourth-order valence-electron chi connectivity index (χ4n) is 2.06. The molecule has 0 aromatic carbocycles. The first-order valence-corrected chi connectivity index (χ1v) is 6.25. The SMILES string of the molecule is O=C(Nc1cnn2ccc(Cl)nc12)N1CC[C@H](O)C1. The van der Waals surface area contributed by atoms with Gasteiger partial charge in [-0.3, -0.25) is 0 Å². The van der Waals surface area contributed by atoms with E-state index in [4.69, 9.17) is 11.6 Å². The molecule has 8 heteroatoms. The van der Waals surface area contributed by atoms with E-state index in [0.29, 0.717) is 36.0 Å². The average Bonchev–Trinajstić information content (AvgIpc) is 2.97. The first-order chi connectivity index (χ1) is 9.13. The highest BCUT2D eigenvalue weighted by molar-refractivity contribution is 6.29. The van der Waals surface area contributed by atoms with Crippen molar-refractivity contribution in [3.63, 3.8) is 0 Å². The number of aliphatic hydroxyl groups is 1. The van der Waals surface area contributed by atoms with Crippen molar-refractivity contribution in [2.24, 2.45) is 0 Å². The summed E-state index contributed by atoms with van der Waals surface area (Å²) in [5.74, 6) is 0. The molecule has 1 atom stereocenters. The highest BCUT2D eigenvalue weighted by Crippen LogP contribution is 2.18. The normalized spacial score (nSPS) is 19.1. The summed E-state index contributed by atoms with van der Waals surface area (Å²) in [4.78, 5) is 17.7. The lowest BCUT2D eigenvalue weighted by molar-refractivity contribution is 0.176. The molecule has 2 N–H and O–H groups in total. The lowest BCUT2D eigenvalue weighted by Crippen LogP contribution is -2.33. The summed E-state index contributed by atoms with van der Waals surface area (Å²) >= 11 is 5.82. The van der Waals surface area contributed by atoms with Crippen LogP contribution in [0.4, 0.5) is 10.5 Å². The molecule has 0 spiro atoms. The maximum absolute atomic E-state index is 12.0.